The number of aryl methyl sites for hydroxylation is 2. The van der Waals surface area contributed by atoms with Gasteiger partial charge in [0, 0.05) is 18.8 Å². The van der Waals surface area contributed by atoms with Gasteiger partial charge in [-0.25, -0.2) is 0 Å². The minimum Gasteiger partial charge on any atom is -0.458 e. The second-order valence-electron chi connectivity index (χ2n) is 8.81. The monoisotopic (exact) mass is 358 g/mol. The van der Waals surface area contributed by atoms with Crippen LogP contribution in [0.5, 0.6) is 0 Å². The fourth-order valence-corrected chi connectivity index (χ4v) is 5.67. The largest absolute Gasteiger partial charge is 0.458 e. The van der Waals surface area contributed by atoms with Crippen LogP contribution in [0.15, 0.2) is 60.7 Å². The van der Waals surface area contributed by atoms with Crippen LogP contribution in [0.4, 0.5) is 0 Å². The number of hydrogen-bond acceptors (Lipinski definition) is 2. The van der Waals surface area contributed by atoms with Crippen molar-refractivity contribution in [3.63, 3.8) is 0 Å². The Balaban J connectivity index is 1.55. The van der Waals surface area contributed by atoms with Gasteiger partial charge in [0.25, 0.3) is 0 Å². The van der Waals surface area contributed by atoms with Crippen molar-refractivity contribution in [1.29, 1.82) is 0 Å². The number of benzene rings is 2. The van der Waals surface area contributed by atoms with Crippen molar-refractivity contribution < 1.29 is 9.53 Å². The van der Waals surface area contributed by atoms with Gasteiger partial charge in [-0.05, 0) is 43.2 Å². The van der Waals surface area contributed by atoms with E-state index in [1.807, 2.05) is 0 Å². The third-order valence-corrected chi connectivity index (χ3v) is 6.89. The molecule has 0 radical (unpaired) electrons. The van der Waals surface area contributed by atoms with Crippen LogP contribution in [-0.2, 0) is 22.4 Å². The second-order valence-corrected chi connectivity index (χ2v) is 8.81. The molecule has 0 amide bonds. The molecule has 2 aliphatic carbocycles. The maximum Gasteiger partial charge on any atom is 0.310 e. The molecule has 1 saturated carbocycles. The predicted molar refractivity (Wildman–Crippen MR) is 106 cm³/mol. The van der Waals surface area contributed by atoms with Gasteiger partial charge in [-0.2, -0.15) is 0 Å². The van der Waals surface area contributed by atoms with Gasteiger partial charge in [-0.15, -0.1) is 0 Å². The molecule has 2 nitrogen and oxygen atoms in total. The van der Waals surface area contributed by atoms with E-state index in [9.17, 15) is 4.79 Å². The van der Waals surface area contributed by atoms with Gasteiger partial charge in [-0.1, -0.05) is 71.8 Å². The lowest BCUT2D eigenvalue weighted by Crippen LogP contribution is -2.43. The van der Waals surface area contributed by atoms with Crippen molar-refractivity contribution in [2.45, 2.75) is 38.7 Å². The minimum atomic E-state index is -0.434. The number of hydrogen-bond donors (Lipinski definition) is 0. The average Bonchev–Trinajstić information content (AvgIpc) is 3.33. The molecule has 138 valence electrons. The highest BCUT2D eigenvalue weighted by Gasteiger charge is 2.64. The molecule has 2 fully saturated rings. The highest BCUT2D eigenvalue weighted by molar-refractivity contribution is 5.78. The summed E-state index contributed by atoms with van der Waals surface area (Å²) in [6.45, 7) is 4.22. The molecular formula is C25H26O2. The molecule has 2 bridgehead atoms. The van der Waals surface area contributed by atoms with E-state index in [0.717, 1.165) is 19.3 Å². The molecule has 0 N–H and O–H groups in total. The Morgan fingerprint density at radius 2 is 1.37 bits per heavy atom. The van der Waals surface area contributed by atoms with E-state index in [0.29, 0.717) is 17.8 Å². The lowest BCUT2D eigenvalue weighted by atomic mass is 9.70. The van der Waals surface area contributed by atoms with E-state index in [1.165, 1.54) is 22.3 Å². The molecule has 27 heavy (non-hydrogen) atoms. The summed E-state index contributed by atoms with van der Waals surface area (Å²) in [7, 11) is 0. The predicted octanol–water partition coefficient (Wildman–Crippen LogP) is 4.82. The third-order valence-electron chi connectivity index (χ3n) is 6.89. The van der Waals surface area contributed by atoms with Gasteiger partial charge < -0.3 is 4.74 Å². The van der Waals surface area contributed by atoms with Crippen LogP contribution in [0.25, 0.3) is 0 Å². The van der Waals surface area contributed by atoms with Crippen LogP contribution >= 0.6 is 0 Å². The van der Waals surface area contributed by atoms with Gasteiger partial charge in [0.2, 0.25) is 0 Å². The summed E-state index contributed by atoms with van der Waals surface area (Å²) in [4.78, 5) is 12.9. The van der Waals surface area contributed by atoms with Crippen LogP contribution in [0.3, 0.4) is 0 Å². The Kier molecular flexibility index (Phi) is 3.79. The fraction of sp³-hybridized carbons (Fsp3) is 0.400. The molecule has 1 saturated heterocycles. The van der Waals surface area contributed by atoms with Crippen molar-refractivity contribution >= 4 is 5.97 Å². The summed E-state index contributed by atoms with van der Waals surface area (Å²) >= 11 is 0. The number of carbonyl (C=O) groups excluding carboxylic acids is 1. The van der Waals surface area contributed by atoms with Gasteiger partial charge >= 0.3 is 5.97 Å². The molecule has 4 atom stereocenters. The highest BCUT2D eigenvalue weighted by Crippen LogP contribution is 2.59. The van der Waals surface area contributed by atoms with Crippen LogP contribution in [0, 0.1) is 37.5 Å². The number of cyclic esters (lactones) is 1. The zero-order valence-corrected chi connectivity index (χ0v) is 16.0. The molecule has 2 aromatic carbocycles. The van der Waals surface area contributed by atoms with Crippen molar-refractivity contribution in [2.75, 3.05) is 0 Å². The van der Waals surface area contributed by atoms with Crippen LogP contribution < -0.4 is 0 Å². The van der Waals surface area contributed by atoms with Crippen LogP contribution in [-0.4, -0.2) is 11.6 Å². The fourth-order valence-electron chi connectivity index (χ4n) is 5.67. The van der Waals surface area contributed by atoms with Crippen molar-refractivity contribution in [1.82, 2.24) is 0 Å². The number of rotatable bonds is 4. The van der Waals surface area contributed by atoms with E-state index < -0.39 is 5.60 Å². The van der Waals surface area contributed by atoms with E-state index >= 15 is 0 Å². The van der Waals surface area contributed by atoms with Crippen LogP contribution in [0.2, 0.25) is 0 Å². The molecule has 2 aromatic rings. The molecule has 0 spiro atoms. The summed E-state index contributed by atoms with van der Waals surface area (Å²) in [5.41, 5.74) is 4.60. The van der Waals surface area contributed by atoms with Gasteiger partial charge in [0.05, 0.1) is 5.92 Å². The summed E-state index contributed by atoms with van der Waals surface area (Å²) in [5, 5.41) is 0. The number of fused-ring (bicyclic) bond motifs is 5. The molecule has 2 heteroatoms. The number of ether oxygens (including phenoxy) is 1. The highest BCUT2D eigenvalue weighted by atomic mass is 16.6. The summed E-state index contributed by atoms with van der Waals surface area (Å²) in [5.74, 6) is 1.22. The smallest absolute Gasteiger partial charge is 0.310 e. The Morgan fingerprint density at radius 3 is 1.93 bits per heavy atom. The Hall–Kier alpha value is -2.35. The first kappa shape index (κ1) is 16.8. The summed E-state index contributed by atoms with van der Waals surface area (Å²) < 4.78 is 6.29. The van der Waals surface area contributed by atoms with Gasteiger partial charge in [-0.3, -0.25) is 4.79 Å². The first-order chi connectivity index (χ1) is 13.0. The molecule has 1 aliphatic heterocycles. The normalized spacial score (nSPS) is 29.8. The first-order valence-corrected chi connectivity index (χ1v) is 10.1. The minimum absolute atomic E-state index is 0.0241. The molecular weight excluding hydrogens is 332 g/mol. The third kappa shape index (κ3) is 2.74. The Labute approximate surface area is 161 Å². The molecule has 5 rings (SSSR count). The average molecular weight is 358 g/mol. The van der Waals surface area contributed by atoms with Crippen LogP contribution in [0.1, 0.15) is 28.7 Å². The Bertz CT molecular complexity index is 843. The first-order valence-electron chi connectivity index (χ1n) is 10.1. The van der Waals surface area contributed by atoms with Crippen molar-refractivity contribution in [3.8, 4) is 0 Å². The standard InChI is InChI=1S/C25H26O2/c1-16-3-7-18(8-4-16)14-25(15-19-9-5-17(2)6-10-19)23-21-12-11-20(13-21)22(23)24(26)27-25/h3-12,20-23H,13-15H2,1-2H3/t20-,21+,22+,23-/m0/s1. The Morgan fingerprint density at radius 1 is 0.852 bits per heavy atom. The maximum absolute atomic E-state index is 12.9. The van der Waals surface area contributed by atoms with E-state index in [2.05, 4.69) is 74.5 Å². The number of allylic oxidation sites excluding steroid dienone is 2. The summed E-state index contributed by atoms with van der Waals surface area (Å²) in [6, 6.07) is 17.4. The molecule has 0 unspecified atom stereocenters. The molecule has 1 heterocycles. The zero-order chi connectivity index (χ0) is 18.6. The SMILES string of the molecule is Cc1ccc(CC2(Cc3ccc(C)cc3)OC(=O)[C@H]3[C@@H]2[C@@H]2C=C[C@H]3C2)cc1. The maximum atomic E-state index is 12.9. The van der Waals surface area contributed by atoms with Crippen molar-refractivity contribution in [2.24, 2.45) is 23.7 Å². The molecule has 0 aromatic heterocycles. The summed E-state index contributed by atoms with van der Waals surface area (Å²) in [6.07, 6.45) is 7.30. The second kappa shape index (κ2) is 6.09. The number of esters is 1. The quantitative estimate of drug-likeness (QED) is 0.578. The van der Waals surface area contributed by atoms with E-state index in [1.54, 1.807) is 0 Å². The topological polar surface area (TPSA) is 26.3 Å². The zero-order valence-electron chi connectivity index (χ0n) is 16.0. The van der Waals surface area contributed by atoms with Gasteiger partial charge in [0.1, 0.15) is 5.60 Å². The molecule has 3 aliphatic rings. The van der Waals surface area contributed by atoms with Gasteiger partial charge in [0.15, 0.2) is 0 Å². The number of carbonyl (C=O) groups is 1. The van der Waals surface area contributed by atoms with E-state index in [4.69, 9.17) is 4.74 Å². The van der Waals surface area contributed by atoms with E-state index in [-0.39, 0.29) is 11.9 Å². The lowest BCUT2D eigenvalue weighted by Gasteiger charge is -2.36. The lowest BCUT2D eigenvalue weighted by molar-refractivity contribution is -0.152. The van der Waals surface area contributed by atoms with Crippen molar-refractivity contribution in [3.05, 3.63) is 82.9 Å².